The first-order valence-corrected chi connectivity index (χ1v) is 18.7. The Labute approximate surface area is 317 Å². The van der Waals surface area contributed by atoms with Crippen LogP contribution in [0.2, 0.25) is 0 Å². The molecule has 11 heteroatoms. The molecule has 2 aliphatic heterocycles. The predicted octanol–water partition coefficient (Wildman–Crippen LogP) is 7.59. The summed E-state index contributed by atoms with van der Waals surface area (Å²) in [6, 6.07) is 14.5. The van der Waals surface area contributed by atoms with Gasteiger partial charge in [0.05, 0.1) is 35.7 Å². The van der Waals surface area contributed by atoms with Crippen LogP contribution in [0.5, 0.6) is 0 Å². The molecular weight excluding hydrogens is 681 g/mol. The van der Waals surface area contributed by atoms with Crippen molar-refractivity contribution in [3.63, 3.8) is 0 Å². The molecule has 2 fully saturated rings. The zero-order valence-corrected chi connectivity index (χ0v) is 31.9. The van der Waals surface area contributed by atoms with Crippen LogP contribution >= 0.6 is 0 Å². The van der Waals surface area contributed by atoms with Crippen LogP contribution in [0.3, 0.4) is 0 Å². The van der Waals surface area contributed by atoms with Gasteiger partial charge in [-0.05, 0) is 87.8 Å². The number of ether oxygens (including phenoxy) is 2. The van der Waals surface area contributed by atoms with Crippen LogP contribution in [0.1, 0.15) is 118 Å². The number of rotatable bonds is 8. The summed E-state index contributed by atoms with van der Waals surface area (Å²) < 4.78 is 11.3. The first kappa shape index (κ1) is 37.9. The molecule has 4 aromatic rings. The van der Waals surface area contributed by atoms with E-state index in [1.165, 1.54) is 0 Å². The summed E-state index contributed by atoms with van der Waals surface area (Å²) in [4.78, 5) is 59.1. The van der Waals surface area contributed by atoms with Gasteiger partial charge in [-0.25, -0.2) is 19.6 Å². The van der Waals surface area contributed by atoms with Gasteiger partial charge >= 0.3 is 12.1 Å². The lowest BCUT2D eigenvalue weighted by atomic mass is 9.96. The van der Waals surface area contributed by atoms with E-state index in [9.17, 15) is 14.4 Å². The third-order valence-corrected chi connectivity index (χ3v) is 9.85. The summed E-state index contributed by atoms with van der Waals surface area (Å²) in [5.74, 6) is 12.9. The Balaban J connectivity index is 1.22. The maximum Gasteiger partial charge on any atom is 0.410 e. The largest absolute Gasteiger partial charge is 0.457 e. The number of amides is 2. The molecule has 0 saturated carbocycles. The number of nitrogens with zero attached hydrogens (tertiary/aromatic N) is 4. The lowest BCUT2D eigenvalue weighted by molar-refractivity contribution is -0.137. The van der Waals surface area contributed by atoms with Crippen LogP contribution in [0.15, 0.2) is 60.9 Å². The third kappa shape index (κ3) is 9.03. The molecule has 0 bridgehead atoms. The topological polar surface area (TPSA) is 134 Å². The molecular formula is C43H48N6O5. The molecule has 2 aromatic heterocycles. The minimum absolute atomic E-state index is 0.0755. The number of hydrogen-bond acceptors (Lipinski definition) is 7. The number of hydrogen-bond donors (Lipinski definition) is 2. The van der Waals surface area contributed by atoms with Crippen LogP contribution in [0, 0.1) is 35.5 Å². The fraction of sp³-hybridized carbons (Fsp3) is 0.419. The first-order chi connectivity index (χ1) is 25.9. The number of carbonyl (C=O) groups excluding carboxylic acids is 3. The summed E-state index contributed by atoms with van der Waals surface area (Å²) >= 11 is 0. The number of benzene rings is 2. The summed E-state index contributed by atoms with van der Waals surface area (Å²) in [7, 11) is 0. The van der Waals surface area contributed by atoms with Gasteiger partial charge in [-0.3, -0.25) is 9.69 Å². The number of imidazole rings is 2. The number of aromatic amines is 2. The molecule has 2 saturated heterocycles. The molecule has 2 aromatic carbocycles. The molecule has 4 heterocycles. The van der Waals surface area contributed by atoms with Crippen molar-refractivity contribution in [1.82, 2.24) is 29.7 Å². The molecule has 2 amide bonds. The SMILES string of the molecule is CC(C)[C@H](C)C(=O)N1CCC[C@H]1c1ncc(-c2ccc(C#CC#Cc3cnc([C@@H]4CCCN4C(=O)OC(C)(C)C)[nH]3)c(C(=O)OCc3ccccc3)c2)[nH]1. The highest BCUT2D eigenvalue weighted by molar-refractivity contribution is 5.94. The number of carbonyl (C=O) groups is 3. The molecule has 0 spiro atoms. The van der Waals surface area contributed by atoms with Gasteiger partial charge in [0.1, 0.15) is 29.6 Å². The Bertz CT molecular complexity index is 2110. The molecule has 6 rings (SSSR count). The average molecular weight is 729 g/mol. The van der Waals surface area contributed by atoms with Gasteiger partial charge in [0.25, 0.3) is 0 Å². The van der Waals surface area contributed by atoms with Gasteiger partial charge in [-0.15, -0.1) is 0 Å². The molecule has 0 radical (unpaired) electrons. The summed E-state index contributed by atoms with van der Waals surface area (Å²) in [5.41, 5.74) is 3.06. The highest BCUT2D eigenvalue weighted by atomic mass is 16.6. The van der Waals surface area contributed by atoms with Crippen molar-refractivity contribution in [2.24, 2.45) is 11.8 Å². The Morgan fingerprint density at radius 2 is 1.54 bits per heavy atom. The van der Waals surface area contributed by atoms with Gasteiger partial charge in [0.15, 0.2) is 0 Å². The number of likely N-dealkylation sites (tertiary alicyclic amines) is 2. The second kappa shape index (κ2) is 16.5. The van der Waals surface area contributed by atoms with Crippen molar-refractivity contribution in [3.05, 3.63) is 95.0 Å². The summed E-state index contributed by atoms with van der Waals surface area (Å²) in [6.07, 6.45) is 6.38. The fourth-order valence-corrected chi connectivity index (χ4v) is 6.66. The smallest absolute Gasteiger partial charge is 0.410 e. The standard InChI is InChI=1S/C43H48N6O5/c1-28(2)29(3)40(50)48-22-12-18-36(48)39-45-26-35(47-39)32-21-20-31(34(24-32)41(51)53-27-30-14-8-7-9-15-30)16-10-11-17-33-25-44-38(46-33)37-19-13-23-49(37)42(52)54-43(4,5)6/h7-9,14-15,20-21,24-26,28-29,36-37H,12-13,18-19,22-23,27H2,1-6H3,(H,44,46)(H,45,47)/t29-,36-,37-/m0/s1. The molecule has 0 unspecified atom stereocenters. The van der Waals surface area contributed by atoms with Gasteiger partial charge in [0.2, 0.25) is 5.91 Å². The normalized spacial score (nSPS) is 17.4. The minimum atomic E-state index is -0.587. The molecule has 11 nitrogen and oxygen atoms in total. The van der Waals surface area contributed by atoms with Gasteiger partial charge in [-0.1, -0.05) is 63.1 Å². The third-order valence-electron chi connectivity index (χ3n) is 9.85. The van der Waals surface area contributed by atoms with Gasteiger partial charge in [0, 0.05) is 30.1 Å². The minimum Gasteiger partial charge on any atom is -0.457 e. The second-order valence-electron chi connectivity index (χ2n) is 15.2. The van der Waals surface area contributed by atoms with Crippen molar-refractivity contribution >= 4 is 18.0 Å². The van der Waals surface area contributed by atoms with Crippen LogP contribution in [0.25, 0.3) is 11.3 Å². The van der Waals surface area contributed by atoms with E-state index < -0.39 is 11.6 Å². The molecule has 3 atom stereocenters. The van der Waals surface area contributed by atoms with Crippen LogP contribution in [-0.2, 0) is 20.9 Å². The van der Waals surface area contributed by atoms with Crippen LogP contribution in [-0.4, -0.2) is 66.4 Å². The number of esters is 1. The molecule has 0 aliphatic carbocycles. The lowest BCUT2D eigenvalue weighted by Gasteiger charge is -2.27. The quantitative estimate of drug-likeness (QED) is 0.141. The van der Waals surface area contributed by atoms with E-state index >= 15 is 0 Å². The monoisotopic (exact) mass is 728 g/mol. The Kier molecular flexibility index (Phi) is 11.6. The molecule has 2 aliphatic rings. The van der Waals surface area contributed by atoms with E-state index in [4.69, 9.17) is 9.47 Å². The first-order valence-electron chi connectivity index (χ1n) is 18.7. The number of H-pyrrole nitrogens is 2. The van der Waals surface area contributed by atoms with E-state index in [0.29, 0.717) is 35.7 Å². The Hall–Kier alpha value is -5.81. The average Bonchev–Trinajstić information content (AvgIpc) is 3.98. The molecule has 280 valence electrons. The summed E-state index contributed by atoms with van der Waals surface area (Å²) in [5, 5.41) is 0. The summed E-state index contributed by atoms with van der Waals surface area (Å²) in [6.45, 7) is 13.1. The van der Waals surface area contributed by atoms with E-state index in [2.05, 4.69) is 57.5 Å². The van der Waals surface area contributed by atoms with Crippen LogP contribution in [0.4, 0.5) is 4.79 Å². The van der Waals surface area contributed by atoms with Gasteiger partial charge in [-0.2, -0.15) is 0 Å². The van der Waals surface area contributed by atoms with E-state index in [0.717, 1.165) is 48.3 Å². The second-order valence-corrected chi connectivity index (χ2v) is 15.2. The highest BCUT2D eigenvalue weighted by Gasteiger charge is 2.36. The van der Waals surface area contributed by atoms with Crippen molar-refractivity contribution in [1.29, 1.82) is 0 Å². The zero-order chi connectivity index (χ0) is 38.4. The molecule has 2 N–H and O–H groups in total. The van der Waals surface area contributed by atoms with Crippen LogP contribution < -0.4 is 0 Å². The molecule has 54 heavy (non-hydrogen) atoms. The zero-order valence-electron chi connectivity index (χ0n) is 31.9. The van der Waals surface area contributed by atoms with Crippen molar-refractivity contribution < 1.29 is 23.9 Å². The Morgan fingerprint density at radius 3 is 2.26 bits per heavy atom. The predicted molar refractivity (Wildman–Crippen MR) is 205 cm³/mol. The number of nitrogens with one attached hydrogen (secondary N) is 2. The Morgan fingerprint density at radius 1 is 0.870 bits per heavy atom. The maximum atomic E-state index is 13.6. The lowest BCUT2D eigenvalue weighted by Crippen LogP contribution is -2.36. The van der Waals surface area contributed by atoms with E-state index in [1.807, 2.05) is 69.0 Å². The van der Waals surface area contributed by atoms with Crippen molar-refractivity contribution in [2.45, 2.75) is 91.5 Å². The van der Waals surface area contributed by atoms with E-state index in [-0.39, 0.29) is 42.5 Å². The number of aromatic nitrogens is 4. The fourth-order valence-electron chi connectivity index (χ4n) is 6.66. The van der Waals surface area contributed by atoms with Crippen molar-refractivity contribution in [3.8, 4) is 34.9 Å². The maximum absolute atomic E-state index is 13.6. The van der Waals surface area contributed by atoms with Crippen molar-refractivity contribution in [2.75, 3.05) is 13.1 Å². The van der Waals surface area contributed by atoms with Gasteiger partial charge < -0.3 is 24.3 Å². The van der Waals surface area contributed by atoms with E-state index in [1.54, 1.807) is 29.4 Å². The highest BCUT2D eigenvalue weighted by Crippen LogP contribution is 2.34.